The predicted octanol–water partition coefficient (Wildman–Crippen LogP) is 2.99. The molecule has 0 saturated carbocycles. The first kappa shape index (κ1) is 19.6. The molecule has 0 aliphatic rings. The quantitative estimate of drug-likeness (QED) is 0.360. The maximum absolute atomic E-state index is 12.2. The molecule has 0 saturated heterocycles. The molecule has 1 aromatic heterocycles. The number of tetrazole rings is 1. The fourth-order valence-corrected chi connectivity index (χ4v) is 2.74. The van der Waals surface area contributed by atoms with Crippen molar-refractivity contribution in [3.63, 3.8) is 0 Å². The molecule has 8 nitrogen and oxygen atoms in total. The minimum atomic E-state index is -0.338. The van der Waals surface area contributed by atoms with Crippen molar-refractivity contribution < 1.29 is 9.57 Å². The lowest BCUT2D eigenvalue weighted by Crippen LogP contribution is -2.23. The van der Waals surface area contributed by atoms with Crippen LogP contribution in [0.1, 0.15) is 23.6 Å². The Morgan fingerprint density at radius 1 is 1.14 bits per heavy atom. The van der Waals surface area contributed by atoms with Crippen LogP contribution in [-0.4, -0.2) is 25.7 Å². The summed E-state index contributed by atoms with van der Waals surface area (Å²) in [4.78, 5) is 17.6. The average Bonchev–Trinajstić information content (AvgIpc) is 3.01. The van der Waals surface area contributed by atoms with Crippen LogP contribution in [0.5, 0.6) is 0 Å². The van der Waals surface area contributed by atoms with E-state index in [2.05, 4.69) is 15.6 Å². The van der Waals surface area contributed by atoms with Gasteiger partial charge in [0.2, 0.25) is 5.90 Å². The Morgan fingerprint density at radius 3 is 2.64 bits per heavy atom. The molecule has 0 aliphatic heterocycles. The third kappa shape index (κ3) is 4.40. The van der Waals surface area contributed by atoms with Crippen molar-refractivity contribution in [2.75, 3.05) is 0 Å². The van der Waals surface area contributed by atoms with E-state index in [4.69, 9.17) is 21.2 Å². The minimum Gasteiger partial charge on any atom is -0.474 e. The summed E-state index contributed by atoms with van der Waals surface area (Å²) in [6.07, 6.45) is 0. The number of halogens is 1. The fraction of sp³-hybridized carbons (Fsp3) is 0.263. The van der Waals surface area contributed by atoms with Gasteiger partial charge in [0.15, 0.2) is 0 Å². The Bertz CT molecular complexity index is 1060. The Morgan fingerprint density at radius 2 is 1.93 bits per heavy atom. The molecule has 28 heavy (non-hydrogen) atoms. The second kappa shape index (κ2) is 8.71. The average molecular weight is 402 g/mol. The molecule has 0 fully saturated rings. The van der Waals surface area contributed by atoms with Crippen LogP contribution in [0, 0.1) is 6.92 Å². The summed E-state index contributed by atoms with van der Waals surface area (Å²) < 4.78 is 7.97. The van der Waals surface area contributed by atoms with Gasteiger partial charge in [-0.2, -0.15) is 9.36 Å². The number of aryl methyl sites for hydroxylation is 2. The predicted molar refractivity (Wildman–Crippen MR) is 105 cm³/mol. The monoisotopic (exact) mass is 401 g/mol. The highest BCUT2D eigenvalue weighted by molar-refractivity contribution is 6.31. The smallest absolute Gasteiger partial charge is 0.368 e. The second-order valence-corrected chi connectivity index (χ2v) is 6.54. The first-order valence-corrected chi connectivity index (χ1v) is 8.96. The number of hydrogen-bond donors (Lipinski definition) is 0. The summed E-state index contributed by atoms with van der Waals surface area (Å²) in [5, 5.41) is 12.3. The van der Waals surface area contributed by atoms with E-state index in [1.807, 2.05) is 37.3 Å². The van der Waals surface area contributed by atoms with E-state index < -0.39 is 0 Å². The van der Waals surface area contributed by atoms with Gasteiger partial charge in [-0.15, -0.1) is 0 Å². The van der Waals surface area contributed by atoms with E-state index in [-0.39, 0.29) is 12.3 Å². The minimum absolute atomic E-state index is 0.151. The highest BCUT2D eigenvalue weighted by Crippen LogP contribution is 2.18. The number of hydrogen-bond acceptors (Lipinski definition) is 6. The first-order chi connectivity index (χ1) is 13.5. The van der Waals surface area contributed by atoms with Crippen LogP contribution in [0.15, 0.2) is 52.4 Å². The SMILES string of the molecule is CC(=NOCc1c(C)cccc1-n1nnn(C)c1=O)OCc1ccccc1Cl. The van der Waals surface area contributed by atoms with E-state index in [1.165, 1.54) is 4.68 Å². The molecule has 0 bridgehead atoms. The summed E-state index contributed by atoms with van der Waals surface area (Å²) in [5.41, 5.74) is 2.85. The summed E-state index contributed by atoms with van der Waals surface area (Å²) >= 11 is 6.11. The van der Waals surface area contributed by atoms with Crippen molar-refractivity contribution in [1.29, 1.82) is 0 Å². The van der Waals surface area contributed by atoms with Gasteiger partial charge >= 0.3 is 5.69 Å². The molecule has 0 N–H and O–H groups in total. The normalized spacial score (nSPS) is 11.5. The Labute approximate surface area is 166 Å². The first-order valence-electron chi connectivity index (χ1n) is 8.58. The largest absolute Gasteiger partial charge is 0.474 e. The number of oxime groups is 1. The van der Waals surface area contributed by atoms with Crippen molar-refractivity contribution in [2.45, 2.75) is 27.1 Å². The second-order valence-electron chi connectivity index (χ2n) is 6.13. The van der Waals surface area contributed by atoms with E-state index in [0.29, 0.717) is 23.2 Å². The molecule has 146 valence electrons. The van der Waals surface area contributed by atoms with Gasteiger partial charge in [0.05, 0.1) is 5.69 Å². The van der Waals surface area contributed by atoms with Gasteiger partial charge in [0.25, 0.3) is 0 Å². The van der Waals surface area contributed by atoms with Crippen LogP contribution in [0.3, 0.4) is 0 Å². The van der Waals surface area contributed by atoms with Gasteiger partial charge in [-0.25, -0.2) is 4.79 Å². The highest BCUT2D eigenvalue weighted by Gasteiger charge is 2.13. The molecule has 3 rings (SSSR count). The maximum atomic E-state index is 12.2. The van der Waals surface area contributed by atoms with Crippen LogP contribution in [0.4, 0.5) is 0 Å². The Balaban J connectivity index is 1.69. The highest BCUT2D eigenvalue weighted by atomic mass is 35.5. The molecule has 9 heteroatoms. The third-order valence-electron chi connectivity index (χ3n) is 4.13. The topological polar surface area (TPSA) is 83.5 Å². The zero-order chi connectivity index (χ0) is 20.1. The standard InChI is InChI=1S/C19H20ClN5O3/c1-13-7-6-10-18(25-19(26)24(3)22-23-25)16(13)12-28-21-14(2)27-11-15-8-4-5-9-17(15)20/h4-10H,11-12H2,1-3H3. The Kier molecular flexibility index (Phi) is 6.10. The van der Waals surface area contributed by atoms with Crippen molar-refractivity contribution >= 4 is 17.5 Å². The number of rotatable bonds is 6. The van der Waals surface area contributed by atoms with Gasteiger partial charge in [-0.3, -0.25) is 0 Å². The summed E-state index contributed by atoms with van der Waals surface area (Å²) in [7, 11) is 1.54. The lowest BCUT2D eigenvalue weighted by Gasteiger charge is -2.11. The van der Waals surface area contributed by atoms with Crippen LogP contribution in [-0.2, 0) is 29.8 Å². The zero-order valence-corrected chi connectivity index (χ0v) is 16.6. The maximum Gasteiger partial charge on any atom is 0.368 e. The van der Waals surface area contributed by atoms with E-state index in [1.54, 1.807) is 26.1 Å². The van der Waals surface area contributed by atoms with E-state index in [9.17, 15) is 4.79 Å². The molecule has 0 amide bonds. The molecule has 2 aromatic carbocycles. The van der Waals surface area contributed by atoms with Crippen molar-refractivity contribution in [2.24, 2.45) is 12.2 Å². The molecular formula is C19H20ClN5O3. The molecule has 0 unspecified atom stereocenters. The van der Waals surface area contributed by atoms with Crippen LogP contribution in [0.2, 0.25) is 5.02 Å². The van der Waals surface area contributed by atoms with Gasteiger partial charge in [0.1, 0.15) is 13.2 Å². The molecule has 0 atom stereocenters. The van der Waals surface area contributed by atoms with Crippen LogP contribution >= 0.6 is 11.6 Å². The molecule has 0 radical (unpaired) electrons. The summed E-state index contributed by atoms with van der Waals surface area (Å²) in [6.45, 7) is 4.07. The number of benzene rings is 2. The van der Waals surface area contributed by atoms with Crippen molar-refractivity contribution in [1.82, 2.24) is 19.8 Å². The van der Waals surface area contributed by atoms with Gasteiger partial charge in [0, 0.05) is 30.1 Å². The number of aromatic nitrogens is 4. The van der Waals surface area contributed by atoms with Crippen molar-refractivity contribution in [3.8, 4) is 5.69 Å². The zero-order valence-electron chi connectivity index (χ0n) is 15.8. The number of ether oxygens (including phenoxy) is 1. The third-order valence-corrected chi connectivity index (χ3v) is 4.50. The molecule has 0 aliphatic carbocycles. The summed E-state index contributed by atoms with van der Waals surface area (Å²) in [5.74, 6) is 0.367. The molecule has 3 aromatic rings. The molecule has 1 heterocycles. The van der Waals surface area contributed by atoms with Crippen molar-refractivity contribution in [3.05, 3.63) is 74.7 Å². The van der Waals surface area contributed by atoms with Gasteiger partial charge in [-0.05, 0) is 35.0 Å². The van der Waals surface area contributed by atoms with Gasteiger partial charge < -0.3 is 9.57 Å². The van der Waals surface area contributed by atoms with Crippen LogP contribution < -0.4 is 5.69 Å². The fourth-order valence-electron chi connectivity index (χ4n) is 2.55. The molecular weight excluding hydrogens is 382 g/mol. The Hall–Kier alpha value is -3.13. The van der Waals surface area contributed by atoms with Gasteiger partial charge in [-0.1, -0.05) is 47.1 Å². The lowest BCUT2D eigenvalue weighted by atomic mass is 10.1. The molecule has 0 spiro atoms. The summed E-state index contributed by atoms with van der Waals surface area (Å²) in [6, 6.07) is 13.0. The van der Waals surface area contributed by atoms with E-state index in [0.717, 1.165) is 21.4 Å². The number of nitrogens with zero attached hydrogens (tertiary/aromatic N) is 5. The van der Waals surface area contributed by atoms with E-state index >= 15 is 0 Å². The lowest BCUT2D eigenvalue weighted by molar-refractivity contribution is 0.117. The van der Waals surface area contributed by atoms with Crippen LogP contribution in [0.25, 0.3) is 5.69 Å².